The van der Waals surface area contributed by atoms with Crippen LogP contribution < -0.4 is 15.8 Å². The van der Waals surface area contributed by atoms with Crippen molar-refractivity contribution in [1.29, 1.82) is 0 Å². The van der Waals surface area contributed by atoms with Gasteiger partial charge in [-0.15, -0.1) is 0 Å². The highest BCUT2D eigenvalue weighted by Gasteiger charge is 2.11. The molecular weight excluding hydrogens is 276 g/mol. The van der Waals surface area contributed by atoms with Crippen LogP contribution in [0, 0.1) is 0 Å². The summed E-state index contributed by atoms with van der Waals surface area (Å²) in [5.41, 5.74) is 8.71. The van der Waals surface area contributed by atoms with Crippen molar-refractivity contribution in [2.75, 3.05) is 18.2 Å². The second-order valence-corrected chi connectivity index (χ2v) is 5.34. The van der Waals surface area contributed by atoms with Crippen molar-refractivity contribution < 1.29 is 9.53 Å². The largest absolute Gasteiger partial charge is 0.497 e. The zero-order valence-corrected chi connectivity index (χ0v) is 13.2. The third-order valence-corrected chi connectivity index (χ3v) is 3.86. The molecule has 116 valence electrons. The van der Waals surface area contributed by atoms with E-state index in [1.165, 1.54) is 5.56 Å². The number of hydrogen-bond donors (Lipinski definition) is 2. The number of nitrogens with two attached hydrogens (primary N) is 1. The monoisotopic (exact) mass is 298 g/mol. The predicted octanol–water partition coefficient (Wildman–Crippen LogP) is 4.04. The molecule has 1 unspecified atom stereocenters. The zero-order chi connectivity index (χ0) is 16.1. The van der Waals surface area contributed by atoms with Gasteiger partial charge in [-0.2, -0.15) is 0 Å². The number of nitrogens with one attached hydrogen (secondary N) is 1. The van der Waals surface area contributed by atoms with E-state index in [2.05, 4.69) is 19.2 Å². The van der Waals surface area contributed by atoms with Crippen molar-refractivity contribution >= 4 is 17.3 Å². The Balaban J connectivity index is 2.15. The van der Waals surface area contributed by atoms with Crippen LogP contribution in [0.1, 0.15) is 42.1 Å². The lowest BCUT2D eigenvalue weighted by Gasteiger charge is -2.12. The minimum atomic E-state index is -0.243. The summed E-state index contributed by atoms with van der Waals surface area (Å²) in [7, 11) is 1.56. The summed E-state index contributed by atoms with van der Waals surface area (Å²) in [6, 6.07) is 12.9. The Labute approximate surface area is 131 Å². The lowest BCUT2D eigenvalue weighted by atomic mass is 9.98. The topological polar surface area (TPSA) is 64.3 Å². The molecule has 0 heterocycles. The smallest absolute Gasteiger partial charge is 0.257 e. The van der Waals surface area contributed by atoms with E-state index < -0.39 is 0 Å². The Morgan fingerprint density at radius 2 is 1.91 bits per heavy atom. The maximum absolute atomic E-state index is 12.3. The van der Waals surface area contributed by atoms with E-state index in [0.29, 0.717) is 22.9 Å². The van der Waals surface area contributed by atoms with Gasteiger partial charge in [-0.1, -0.05) is 26.0 Å². The minimum Gasteiger partial charge on any atom is -0.497 e. The van der Waals surface area contributed by atoms with E-state index >= 15 is 0 Å². The van der Waals surface area contributed by atoms with E-state index in [1.807, 2.05) is 24.3 Å². The maximum atomic E-state index is 12.3. The van der Waals surface area contributed by atoms with Crippen molar-refractivity contribution in [1.82, 2.24) is 0 Å². The summed E-state index contributed by atoms with van der Waals surface area (Å²) in [6.45, 7) is 4.34. The van der Waals surface area contributed by atoms with Crippen LogP contribution in [0.4, 0.5) is 11.4 Å². The number of amides is 1. The Kier molecular flexibility index (Phi) is 5.04. The van der Waals surface area contributed by atoms with E-state index in [1.54, 1.807) is 25.3 Å². The molecule has 0 saturated heterocycles. The standard InChI is InChI=1S/C18H22N2O2/c1-4-12(2)13-5-7-14(8-6-13)20-18(21)16-11-15(22-3)9-10-17(16)19/h5-12H,4,19H2,1-3H3,(H,20,21). The summed E-state index contributed by atoms with van der Waals surface area (Å²) in [5.74, 6) is 0.873. The van der Waals surface area contributed by atoms with Gasteiger partial charge in [0.05, 0.1) is 12.7 Å². The number of benzene rings is 2. The number of nitrogen functional groups attached to an aromatic ring is 1. The number of ether oxygens (including phenoxy) is 1. The van der Waals surface area contributed by atoms with Crippen LogP contribution in [0.15, 0.2) is 42.5 Å². The predicted molar refractivity (Wildman–Crippen MR) is 90.5 cm³/mol. The van der Waals surface area contributed by atoms with Crippen LogP contribution in [0.25, 0.3) is 0 Å². The van der Waals surface area contributed by atoms with Gasteiger partial charge in [0.15, 0.2) is 0 Å². The third kappa shape index (κ3) is 3.58. The molecule has 4 heteroatoms. The number of hydrogen-bond acceptors (Lipinski definition) is 3. The van der Waals surface area contributed by atoms with Gasteiger partial charge in [0.1, 0.15) is 5.75 Å². The second-order valence-electron chi connectivity index (χ2n) is 5.34. The molecule has 0 aromatic heterocycles. The second kappa shape index (κ2) is 6.98. The molecule has 1 atom stereocenters. The first kappa shape index (κ1) is 15.9. The van der Waals surface area contributed by atoms with E-state index in [9.17, 15) is 4.79 Å². The molecule has 0 bridgehead atoms. The highest BCUT2D eigenvalue weighted by atomic mass is 16.5. The molecule has 0 saturated carbocycles. The molecular formula is C18H22N2O2. The summed E-state index contributed by atoms with van der Waals surface area (Å²) in [4.78, 5) is 12.3. The fraction of sp³-hybridized carbons (Fsp3) is 0.278. The van der Waals surface area contributed by atoms with Gasteiger partial charge in [-0.25, -0.2) is 0 Å². The lowest BCUT2D eigenvalue weighted by Crippen LogP contribution is -2.14. The third-order valence-electron chi connectivity index (χ3n) is 3.86. The summed E-state index contributed by atoms with van der Waals surface area (Å²) in [6.07, 6.45) is 1.09. The SMILES string of the molecule is CCC(C)c1ccc(NC(=O)c2cc(OC)ccc2N)cc1. The van der Waals surface area contributed by atoms with Crippen molar-refractivity contribution in [3.8, 4) is 5.75 Å². The molecule has 22 heavy (non-hydrogen) atoms. The molecule has 3 N–H and O–H groups in total. The number of rotatable bonds is 5. The maximum Gasteiger partial charge on any atom is 0.257 e. The average molecular weight is 298 g/mol. The normalized spacial score (nSPS) is 11.8. The van der Waals surface area contributed by atoms with Gasteiger partial charge in [-0.3, -0.25) is 4.79 Å². The van der Waals surface area contributed by atoms with Crippen LogP contribution in [0.3, 0.4) is 0 Å². The molecule has 2 rings (SSSR count). The molecule has 0 aliphatic heterocycles. The van der Waals surface area contributed by atoms with Crippen LogP contribution in [-0.4, -0.2) is 13.0 Å². The fourth-order valence-electron chi connectivity index (χ4n) is 2.19. The highest BCUT2D eigenvalue weighted by molar-refractivity contribution is 6.08. The molecule has 0 fully saturated rings. The van der Waals surface area contributed by atoms with Crippen LogP contribution in [-0.2, 0) is 0 Å². The summed E-state index contributed by atoms with van der Waals surface area (Å²) < 4.78 is 5.13. The van der Waals surface area contributed by atoms with Crippen molar-refractivity contribution in [2.45, 2.75) is 26.2 Å². The minimum absolute atomic E-state index is 0.243. The lowest BCUT2D eigenvalue weighted by molar-refractivity contribution is 0.102. The Morgan fingerprint density at radius 1 is 1.23 bits per heavy atom. The Bertz CT molecular complexity index is 651. The first-order valence-corrected chi connectivity index (χ1v) is 7.40. The first-order valence-electron chi connectivity index (χ1n) is 7.40. The average Bonchev–Trinajstić information content (AvgIpc) is 2.55. The Morgan fingerprint density at radius 3 is 2.50 bits per heavy atom. The molecule has 2 aromatic carbocycles. The van der Waals surface area contributed by atoms with Crippen LogP contribution in [0.5, 0.6) is 5.75 Å². The number of carbonyl (C=O) groups excluding carboxylic acids is 1. The van der Waals surface area contributed by atoms with E-state index in [0.717, 1.165) is 12.1 Å². The molecule has 0 aliphatic rings. The van der Waals surface area contributed by atoms with Gasteiger partial charge in [0, 0.05) is 11.4 Å². The quantitative estimate of drug-likeness (QED) is 0.819. The van der Waals surface area contributed by atoms with Gasteiger partial charge >= 0.3 is 0 Å². The van der Waals surface area contributed by atoms with Crippen LogP contribution in [0.2, 0.25) is 0 Å². The molecule has 4 nitrogen and oxygen atoms in total. The molecule has 2 aromatic rings. The van der Waals surface area contributed by atoms with Gasteiger partial charge in [-0.05, 0) is 48.2 Å². The zero-order valence-electron chi connectivity index (χ0n) is 13.2. The van der Waals surface area contributed by atoms with Gasteiger partial charge < -0.3 is 15.8 Å². The molecule has 1 amide bonds. The first-order chi connectivity index (χ1) is 10.5. The van der Waals surface area contributed by atoms with Crippen molar-refractivity contribution in [3.63, 3.8) is 0 Å². The molecule has 0 spiro atoms. The number of carbonyl (C=O) groups is 1. The Hall–Kier alpha value is -2.49. The van der Waals surface area contributed by atoms with E-state index in [4.69, 9.17) is 10.5 Å². The van der Waals surface area contributed by atoms with Crippen LogP contribution >= 0.6 is 0 Å². The van der Waals surface area contributed by atoms with Crippen molar-refractivity contribution in [2.24, 2.45) is 0 Å². The number of methoxy groups -OCH3 is 1. The fourth-order valence-corrected chi connectivity index (χ4v) is 2.19. The summed E-state index contributed by atoms with van der Waals surface area (Å²) in [5, 5.41) is 2.86. The van der Waals surface area contributed by atoms with Crippen molar-refractivity contribution in [3.05, 3.63) is 53.6 Å². The molecule has 0 aliphatic carbocycles. The number of anilines is 2. The molecule has 0 radical (unpaired) electrons. The van der Waals surface area contributed by atoms with E-state index in [-0.39, 0.29) is 5.91 Å². The summed E-state index contributed by atoms with van der Waals surface area (Å²) >= 11 is 0. The highest BCUT2D eigenvalue weighted by Crippen LogP contribution is 2.23. The van der Waals surface area contributed by atoms with Gasteiger partial charge in [0.2, 0.25) is 0 Å². The van der Waals surface area contributed by atoms with Gasteiger partial charge in [0.25, 0.3) is 5.91 Å².